The fourth-order valence-electron chi connectivity index (χ4n) is 1.86. The summed E-state index contributed by atoms with van der Waals surface area (Å²) in [6.07, 6.45) is 0. The maximum absolute atomic E-state index is 11.7. The van der Waals surface area contributed by atoms with Crippen LogP contribution in [0.15, 0.2) is 46.5 Å². The zero-order chi connectivity index (χ0) is 16.8. The number of thiazole rings is 1. The first-order valence-electron chi connectivity index (χ1n) is 7.00. The molecule has 3 rings (SSSR count). The summed E-state index contributed by atoms with van der Waals surface area (Å²) in [5.74, 6) is 0.0452. The zero-order valence-corrected chi connectivity index (χ0v) is 14.1. The van der Waals surface area contributed by atoms with Gasteiger partial charge >= 0.3 is 5.97 Å². The number of thiophene rings is 1. The van der Waals surface area contributed by atoms with Gasteiger partial charge in [0.2, 0.25) is 0 Å². The number of esters is 1. The first kappa shape index (κ1) is 16.2. The summed E-state index contributed by atoms with van der Waals surface area (Å²) in [6.45, 7) is -0.0658. The lowest BCUT2D eigenvalue weighted by Crippen LogP contribution is -2.14. The minimum atomic E-state index is -0.468. The summed E-state index contributed by atoms with van der Waals surface area (Å²) in [4.78, 5) is 16.2. The highest BCUT2D eigenvalue weighted by Gasteiger charge is 2.09. The van der Waals surface area contributed by atoms with Gasteiger partial charge in [-0.2, -0.15) is 16.6 Å². The number of carbonyl (C=O) groups is 1. The molecule has 0 amide bonds. The fraction of sp³-hybridized carbons (Fsp3) is 0.118. The molecule has 7 heteroatoms. The molecule has 0 aliphatic heterocycles. The van der Waals surface area contributed by atoms with Gasteiger partial charge in [-0.3, -0.25) is 0 Å². The van der Waals surface area contributed by atoms with Gasteiger partial charge in [-0.1, -0.05) is 0 Å². The Morgan fingerprint density at radius 1 is 1.21 bits per heavy atom. The van der Waals surface area contributed by atoms with Crippen LogP contribution in [0.3, 0.4) is 0 Å². The van der Waals surface area contributed by atoms with Gasteiger partial charge in [-0.15, -0.1) is 11.3 Å². The Kier molecular flexibility index (Phi) is 5.21. The predicted octanol–water partition coefficient (Wildman–Crippen LogP) is 3.87. The van der Waals surface area contributed by atoms with E-state index in [0.717, 1.165) is 10.6 Å². The minimum absolute atomic E-state index is 0.121. The Morgan fingerprint density at radius 2 is 2.04 bits per heavy atom. The molecule has 0 N–H and O–H groups in total. The third-order valence-electron chi connectivity index (χ3n) is 3.04. The van der Waals surface area contributed by atoms with E-state index in [4.69, 9.17) is 14.7 Å². The molecule has 0 bridgehead atoms. The number of hydrogen-bond acceptors (Lipinski definition) is 7. The van der Waals surface area contributed by atoms with E-state index in [-0.39, 0.29) is 13.2 Å². The van der Waals surface area contributed by atoms with Gasteiger partial charge in [-0.05, 0) is 35.7 Å². The van der Waals surface area contributed by atoms with Crippen molar-refractivity contribution in [2.24, 2.45) is 0 Å². The summed E-state index contributed by atoms with van der Waals surface area (Å²) < 4.78 is 10.5. The van der Waals surface area contributed by atoms with Crippen molar-refractivity contribution in [1.82, 2.24) is 4.98 Å². The van der Waals surface area contributed by atoms with Gasteiger partial charge in [0, 0.05) is 16.3 Å². The smallest absolute Gasteiger partial charge is 0.344 e. The summed E-state index contributed by atoms with van der Waals surface area (Å²) in [7, 11) is 0. The van der Waals surface area contributed by atoms with Crippen molar-refractivity contribution in [3.8, 4) is 22.4 Å². The average Bonchev–Trinajstić information content (AvgIpc) is 3.29. The van der Waals surface area contributed by atoms with Crippen molar-refractivity contribution >= 4 is 28.6 Å². The number of nitrogens with zero attached hydrogens (tertiary/aromatic N) is 2. The van der Waals surface area contributed by atoms with Crippen LogP contribution < -0.4 is 4.74 Å². The van der Waals surface area contributed by atoms with Crippen molar-refractivity contribution in [1.29, 1.82) is 5.26 Å². The van der Waals surface area contributed by atoms with Crippen LogP contribution >= 0.6 is 22.7 Å². The van der Waals surface area contributed by atoms with Gasteiger partial charge in [0.05, 0.1) is 17.3 Å². The van der Waals surface area contributed by atoms with Gasteiger partial charge in [-0.25, -0.2) is 9.78 Å². The number of nitriles is 1. The monoisotopic (exact) mass is 356 g/mol. The third kappa shape index (κ3) is 4.19. The van der Waals surface area contributed by atoms with Crippen LogP contribution in [0.4, 0.5) is 0 Å². The molecule has 0 radical (unpaired) electrons. The molecule has 2 aromatic heterocycles. The number of carbonyl (C=O) groups excluding carboxylic acids is 1. The van der Waals surface area contributed by atoms with Crippen LogP contribution in [0, 0.1) is 11.3 Å². The van der Waals surface area contributed by atoms with Crippen molar-refractivity contribution in [2.75, 3.05) is 6.61 Å². The second-order valence-corrected chi connectivity index (χ2v) is 6.38. The van der Waals surface area contributed by atoms with E-state index >= 15 is 0 Å². The maximum atomic E-state index is 11.7. The van der Waals surface area contributed by atoms with Crippen molar-refractivity contribution in [2.45, 2.75) is 6.61 Å². The molecule has 120 valence electrons. The van der Waals surface area contributed by atoms with E-state index < -0.39 is 5.97 Å². The van der Waals surface area contributed by atoms with E-state index in [2.05, 4.69) is 4.98 Å². The first-order valence-corrected chi connectivity index (χ1v) is 8.82. The molecular weight excluding hydrogens is 344 g/mol. The molecule has 2 heterocycles. The topological polar surface area (TPSA) is 72.2 Å². The second-order valence-electron chi connectivity index (χ2n) is 4.74. The Bertz CT molecular complexity index is 849. The molecular formula is C17H12N2O3S2. The Hall–Kier alpha value is -2.69. The number of rotatable bonds is 6. The Balaban J connectivity index is 1.46. The largest absolute Gasteiger partial charge is 0.482 e. The van der Waals surface area contributed by atoms with E-state index in [1.54, 1.807) is 35.6 Å². The third-order valence-corrected chi connectivity index (χ3v) is 4.66. The fourth-order valence-corrected chi connectivity index (χ4v) is 3.37. The lowest BCUT2D eigenvalue weighted by Gasteiger charge is -2.06. The van der Waals surface area contributed by atoms with Crippen molar-refractivity contribution in [3.05, 3.63) is 57.7 Å². The molecule has 0 saturated heterocycles. The molecule has 24 heavy (non-hydrogen) atoms. The van der Waals surface area contributed by atoms with Gasteiger partial charge < -0.3 is 9.47 Å². The van der Waals surface area contributed by atoms with Crippen LogP contribution in [0.25, 0.3) is 10.6 Å². The number of ether oxygens (including phenoxy) is 2. The number of hydrogen-bond donors (Lipinski definition) is 0. The first-order chi connectivity index (χ1) is 11.7. The van der Waals surface area contributed by atoms with Crippen LogP contribution in [-0.2, 0) is 16.1 Å². The molecule has 1 aromatic carbocycles. The van der Waals surface area contributed by atoms with Gasteiger partial charge in [0.25, 0.3) is 0 Å². The highest BCUT2D eigenvalue weighted by Crippen LogP contribution is 2.25. The van der Waals surface area contributed by atoms with E-state index in [1.165, 1.54) is 11.3 Å². The van der Waals surface area contributed by atoms with Gasteiger partial charge in [0.15, 0.2) is 6.61 Å². The SMILES string of the molecule is N#Cc1ccc(OCC(=O)OCc2csc(-c3ccsc3)n2)cc1. The molecule has 5 nitrogen and oxygen atoms in total. The standard InChI is InChI=1S/C17H12N2O3S2/c18-7-12-1-3-15(4-2-12)21-9-16(20)22-8-14-11-24-17(19-14)13-5-6-23-10-13/h1-6,10-11H,8-9H2. The molecule has 0 spiro atoms. The molecule has 0 aliphatic carbocycles. The quantitative estimate of drug-likeness (QED) is 0.627. The van der Waals surface area contributed by atoms with Crippen LogP contribution in [0.1, 0.15) is 11.3 Å². The molecule has 0 atom stereocenters. The minimum Gasteiger partial charge on any atom is -0.482 e. The summed E-state index contributed by atoms with van der Waals surface area (Å²) in [5, 5.41) is 15.5. The van der Waals surface area contributed by atoms with Crippen LogP contribution in [-0.4, -0.2) is 17.6 Å². The average molecular weight is 356 g/mol. The molecule has 0 saturated carbocycles. The Labute approximate surface area is 146 Å². The number of aromatic nitrogens is 1. The summed E-state index contributed by atoms with van der Waals surface area (Å²) in [6, 6.07) is 10.6. The van der Waals surface area contributed by atoms with Gasteiger partial charge in [0.1, 0.15) is 17.4 Å². The predicted molar refractivity (Wildman–Crippen MR) is 91.9 cm³/mol. The highest BCUT2D eigenvalue weighted by atomic mass is 32.1. The van der Waals surface area contributed by atoms with Crippen molar-refractivity contribution < 1.29 is 14.3 Å². The Morgan fingerprint density at radius 3 is 2.75 bits per heavy atom. The molecule has 0 aliphatic rings. The molecule has 0 unspecified atom stereocenters. The van der Waals surface area contributed by atoms with Crippen LogP contribution in [0.2, 0.25) is 0 Å². The normalized spacial score (nSPS) is 10.1. The van der Waals surface area contributed by atoms with Crippen molar-refractivity contribution in [3.63, 3.8) is 0 Å². The lowest BCUT2D eigenvalue weighted by molar-refractivity contribution is -0.147. The summed E-state index contributed by atoms with van der Waals surface area (Å²) >= 11 is 3.13. The number of benzene rings is 1. The second kappa shape index (κ2) is 7.73. The van der Waals surface area contributed by atoms with E-state index in [1.807, 2.05) is 28.3 Å². The van der Waals surface area contributed by atoms with E-state index in [0.29, 0.717) is 17.0 Å². The summed E-state index contributed by atoms with van der Waals surface area (Å²) in [5.41, 5.74) is 2.33. The van der Waals surface area contributed by atoms with E-state index in [9.17, 15) is 4.79 Å². The molecule has 0 fully saturated rings. The highest BCUT2D eigenvalue weighted by molar-refractivity contribution is 7.14. The zero-order valence-electron chi connectivity index (χ0n) is 12.5. The maximum Gasteiger partial charge on any atom is 0.344 e. The van der Waals surface area contributed by atoms with Crippen LogP contribution in [0.5, 0.6) is 5.75 Å². The molecule has 3 aromatic rings. The lowest BCUT2D eigenvalue weighted by atomic mass is 10.2.